The topological polar surface area (TPSA) is 124 Å². The first-order valence-corrected chi connectivity index (χ1v) is 15.8. The average molecular weight is 628 g/mol. The van der Waals surface area contributed by atoms with Gasteiger partial charge >= 0.3 is 6.09 Å². The SMILES string of the molecule is CCCCOC(=O)N[C@H]1CCN([C@H]2CC[C@H](Oc3cc(-n4c(C(F)F)nc5ccccc54)nc(N4CCOCC4)n3)CC2)C1=O. The number of alkyl halides is 2. The molecular weight excluding hydrogens is 588 g/mol. The van der Waals surface area contributed by atoms with Crippen LogP contribution in [0.4, 0.5) is 19.5 Å². The average Bonchev–Trinajstić information content (AvgIpc) is 3.62. The van der Waals surface area contributed by atoms with Gasteiger partial charge < -0.3 is 29.3 Å². The number of imidazole rings is 1. The Hall–Kier alpha value is -4.07. The second kappa shape index (κ2) is 13.9. The summed E-state index contributed by atoms with van der Waals surface area (Å²) >= 11 is 0. The molecule has 3 aliphatic rings. The predicted molar refractivity (Wildman–Crippen MR) is 161 cm³/mol. The summed E-state index contributed by atoms with van der Waals surface area (Å²) in [4.78, 5) is 42.5. The lowest BCUT2D eigenvalue weighted by atomic mass is 9.92. The van der Waals surface area contributed by atoms with Crippen molar-refractivity contribution in [3.63, 3.8) is 0 Å². The number of amides is 2. The normalized spacial score (nSPS) is 22.3. The first kappa shape index (κ1) is 30.9. The molecule has 242 valence electrons. The highest BCUT2D eigenvalue weighted by atomic mass is 19.3. The Morgan fingerprint density at radius 2 is 1.84 bits per heavy atom. The Morgan fingerprint density at radius 1 is 1.07 bits per heavy atom. The molecule has 0 unspecified atom stereocenters. The van der Waals surface area contributed by atoms with E-state index in [0.29, 0.717) is 81.6 Å². The van der Waals surface area contributed by atoms with Crippen LogP contribution in [-0.4, -0.2) is 94.1 Å². The van der Waals surface area contributed by atoms with Crippen LogP contribution in [0, 0.1) is 0 Å². The van der Waals surface area contributed by atoms with Gasteiger partial charge in [-0.2, -0.15) is 9.97 Å². The summed E-state index contributed by atoms with van der Waals surface area (Å²) in [7, 11) is 0. The maximum absolute atomic E-state index is 14.2. The minimum absolute atomic E-state index is 0.0519. The summed E-state index contributed by atoms with van der Waals surface area (Å²) in [5.41, 5.74) is 0.964. The van der Waals surface area contributed by atoms with Crippen LogP contribution in [0.5, 0.6) is 5.88 Å². The highest BCUT2D eigenvalue weighted by Crippen LogP contribution is 2.32. The van der Waals surface area contributed by atoms with E-state index in [1.807, 2.05) is 16.7 Å². The molecule has 14 heteroatoms. The summed E-state index contributed by atoms with van der Waals surface area (Å²) in [6, 6.07) is 8.05. The van der Waals surface area contributed by atoms with Gasteiger partial charge in [-0.05, 0) is 50.7 Å². The molecule has 3 aromatic rings. The lowest BCUT2D eigenvalue weighted by Crippen LogP contribution is -2.46. The van der Waals surface area contributed by atoms with E-state index in [1.54, 1.807) is 30.3 Å². The summed E-state index contributed by atoms with van der Waals surface area (Å²) < 4.78 is 46.8. The fourth-order valence-electron chi connectivity index (χ4n) is 6.25. The Bertz CT molecular complexity index is 1490. The van der Waals surface area contributed by atoms with Crippen LogP contribution in [-0.2, 0) is 14.3 Å². The second-order valence-corrected chi connectivity index (χ2v) is 11.6. The molecule has 2 saturated heterocycles. The van der Waals surface area contributed by atoms with Crippen LogP contribution in [0.15, 0.2) is 30.3 Å². The summed E-state index contributed by atoms with van der Waals surface area (Å²) in [6.07, 6.45) is 1.57. The number of halogens is 2. The minimum Gasteiger partial charge on any atom is -0.474 e. The zero-order valence-corrected chi connectivity index (χ0v) is 25.4. The number of carbonyl (C=O) groups excluding carboxylic acids is 2. The molecule has 3 fully saturated rings. The highest BCUT2D eigenvalue weighted by Gasteiger charge is 2.39. The number of hydrogen-bond acceptors (Lipinski definition) is 9. The van der Waals surface area contributed by atoms with E-state index in [9.17, 15) is 18.4 Å². The van der Waals surface area contributed by atoms with Gasteiger partial charge in [0, 0.05) is 31.7 Å². The lowest BCUT2D eigenvalue weighted by Gasteiger charge is -2.34. The summed E-state index contributed by atoms with van der Waals surface area (Å²) in [5, 5.41) is 2.71. The van der Waals surface area contributed by atoms with Crippen molar-refractivity contribution in [2.75, 3.05) is 44.4 Å². The minimum atomic E-state index is -2.81. The van der Waals surface area contributed by atoms with E-state index in [0.717, 1.165) is 25.7 Å². The number of rotatable bonds is 10. The van der Waals surface area contributed by atoms with Crippen molar-refractivity contribution in [2.45, 2.75) is 76.5 Å². The molecule has 1 aromatic carbocycles. The molecule has 2 aliphatic heterocycles. The highest BCUT2D eigenvalue weighted by molar-refractivity contribution is 5.87. The fourth-order valence-corrected chi connectivity index (χ4v) is 6.25. The van der Waals surface area contributed by atoms with Crippen LogP contribution in [0.25, 0.3) is 16.9 Å². The Morgan fingerprint density at radius 3 is 2.60 bits per heavy atom. The quantitative estimate of drug-likeness (QED) is 0.326. The smallest absolute Gasteiger partial charge is 0.407 e. The number of nitrogens with one attached hydrogen (secondary N) is 1. The monoisotopic (exact) mass is 627 g/mol. The van der Waals surface area contributed by atoms with Gasteiger partial charge in [0.05, 0.1) is 30.9 Å². The first-order chi connectivity index (χ1) is 21.9. The van der Waals surface area contributed by atoms with Crippen molar-refractivity contribution in [1.29, 1.82) is 0 Å². The maximum Gasteiger partial charge on any atom is 0.407 e. The Balaban J connectivity index is 1.15. The maximum atomic E-state index is 14.2. The van der Waals surface area contributed by atoms with Crippen LogP contribution >= 0.6 is 0 Å². The molecule has 12 nitrogen and oxygen atoms in total. The Labute approximate surface area is 260 Å². The molecular formula is C31H39F2N7O5. The first-order valence-electron chi connectivity index (χ1n) is 15.8. The summed E-state index contributed by atoms with van der Waals surface area (Å²) in [6.45, 7) is 5.09. The summed E-state index contributed by atoms with van der Waals surface area (Å²) in [5.74, 6) is 0.461. The number of aromatic nitrogens is 4. The molecule has 1 saturated carbocycles. The molecule has 1 N–H and O–H groups in total. The van der Waals surface area contributed by atoms with Crippen molar-refractivity contribution in [1.82, 2.24) is 29.7 Å². The fraction of sp³-hybridized carbons (Fsp3) is 0.581. The number of hydrogen-bond donors (Lipinski definition) is 1. The molecule has 4 heterocycles. The van der Waals surface area contributed by atoms with Crippen molar-refractivity contribution in [3.05, 3.63) is 36.2 Å². The van der Waals surface area contributed by atoms with Gasteiger partial charge in [0.25, 0.3) is 6.43 Å². The molecule has 1 atom stereocenters. The van der Waals surface area contributed by atoms with Gasteiger partial charge in [0.2, 0.25) is 17.7 Å². The van der Waals surface area contributed by atoms with Crippen molar-refractivity contribution in [3.8, 4) is 11.7 Å². The molecule has 45 heavy (non-hydrogen) atoms. The zero-order valence-electron chi connectivity index (χ0n) is 25.4. The van der Waals surface area contributed by atoms with Gasteiger partial charge in [-0.25, -0.2) is 18.6 Å². The van der Waals surface area contributed by atoms with Gasteiger partial charge in [-0.3, -0.25) is 9.36 Å². The third kappa shape index (κ3) is 6.95. The molecule has 2 amide bonds. The number of ether oxygens (including phenoxy) is 3. The predicted octanol–water partition coefficient (Wildman–Crippen LogP) is 4.41. The van der Waals surface area contributed by atoms with Crippen LogP contribution in [0.3, 0.4) is 0 Å². The number of nitrogens with zero attached hydrogens (tertiary/aromatic N) is 6. The van der Waals surface area contributed by atoms with Crippen molar-refractivity contribution >= 4 is 29.0 Å². The number of carbonyl (C=O) groups is 2. The number of unbranched alkanes of at least 4 members (excludes halogenated alkanes) is 1. The molecule has 1 aliphatic carbocycles. The van der Waals surface area contributed by atoms with E-state index >= 15 is 0 Å². The molecule has 0 spiro atoms. The number of likely N-dealkylation sites (tertiary alicyclic amines) is 1. The molecule has 6 rings (SSSR count). The number of benzene rings is 1. The lowest BCUT2D eigenvalue weighted by molar-refractivity contribution is -0.132. The van der Waals surface area contributed by atoms with Crippen LogP contribution < -0.4 is 15.0 Å². The number of alkyl carbamates (subject to hydrolysis) is 1. The number of para-hydroxylation sites is 2. The van der Waals surface area contributed by atoms with Crippen LogP contribution in [0.1, 0.15) is 64.1 Å². The zero-order chi connectivity index (χ0) is 31.3. The van der Waals surface area contributed by atoms with Crippen molar-refractivity contribution in [2.24, 2.45) is 0 Å². The van der Waals surface area contributed by atoms with Gasteiger partial charge in [0.1, 0.15) is 18.0 Å². The van der Waals surface area contributed by atoms with E-state index in [2.05, 4.69) is 15.3 Å². The standard InChI is InChI=1S/C31H39F2N7O5/c1-2-3-16-44-31(42)35-23-12-13-39(29(23)41)20-8-10-21(11-9-20)45-26-19-25(36-30(37-26)38-14-17-43-18-15-38)40-24-7-5-4-6-22(24)34-28(40)27(32)33/h4-7,19-21,23,27H,2-3,8-18H2,1H3,(H,35,42)/t20-,21-,23-/m0/s1. The van der Waals surface area contributed by atoms with Crippen LogP contribution in [0.2, 0.25) is 0 Å². The van der Waals surface area contributed by atoms with Gasteiger partial charge in [0.15, 0.2) is 5.82 Å². The number of morpholine rings is 1. The molecule has 2 aromatic heterocycles. The van der Waals surface area contributed by atoms with Gasteiger partial charge in [-0.1, -0.05) is 25.5 Å². The van der Waals surface area contributed by atoms with E-state index in [4.69, 9.17) is 19.2 Å². The molecule has 0 radical (unpaired) electrons. The molecule has 0 bridgehead atoms. The number of fused-ring (bicyclic) bond motifs is 1. The second-order valence-electron chi connectivity index (χ2n) is 11.6. The largest absolute Gasteiger partial charge is 0.474 e. The van der Waals surface area contributed by atoms with E-state index in [1.165, 1.54) is 4.57 Å². The van der Waals surface area contributed by atoms with E-state index in [-0.39, 0.29) is 23.9 Å². The number of anilines is 1. The van der Waals surface area contributed by atoms with E-state index < -0.39 is 24.4 Å². The third-order valence-corrected chi connectivity index (χ3v) is 8.62. The van der Waals surface area contributed by atoms with Crippen molar-refractivity contribution < 1.29 is 32.6 Å². The third-order valence-electron chi connectivity index (χ3n) is 8.62. The van der Waals surface area contributed by atoms with Gasteiger partial charge in [-0.15, -0.1) is 0 Å². The Kier molecular flexibility index (Phi) is 9.57.